The molecule has 0 aliphatic rings. The lowest BCUT2D eigenvalue weighted by atomic mass is 10.1. The molecule has 0 aliphatic heterocycles. The summed E-state index contributed by atoms with van der Waals surface area (Å²) >= 11 is 0.751. The first-order valence-electron chi connectivity index (χ1n) is 5.46. The van der Waals surface area contributed by atoms with E-state index in [4.69, 9.17) is 11.1 Å². The van der Waals surface area contributed by atoms with Crippen molar-refractivity contribution in [1.82, 2.24) is 14.8 Å². The minimum Gasteiger partial charge on any atom is -0.387 e. The Kier molecular flexibility index (Phi) is 5.04. The number of alkyl halides is 3. The third-order valence-corrected chi connectivity index (χ3v) is 3.39. The molecule has 0 spiro atoms. The number of halogens is 3. The Morgan fingerprint density at radius 1 is 1.63 bits per heavy atom. The van der Waals surface area contributed by atoms with Crippen LogP contribution in [0.1, 0.15) is 13.3 Å². The van der Waals surface area contributed by atoms with Crippen molar-refractivity contribution in [2.24, 2.45) is 11.7 Å². The summed E-state index contributed by atoms with van der Waals surface area (Å²) in [6.45, 7) is 2.20. The topological polar surface area (TPSA) is 101 Å². The number of aromatic nitrogens is 3. The van der Waals surface area contributed by atoms with Crippen LogP contribution in [0.2, 0.25) is 0 Å². The highest BCUT2D eigenvalue weighted by Crippen LogP contribution is 2.30. The van der Waals surface area contributed by atoms with Crippen LogP contribution >= 0.6 is 11.8 Å². The quantitative estimate of drug-likeness (QED) is 0.417. The molecule has 1 unspecified atom stereocenters. The molecule has 0 radical (unpaired) electrons. The Morgan fingerprint density at radius 2 is 2.26 bits per heavy atom. The lowest BCUT2D eigenvalue weighted by Crippen LogP contribution is -2.37. The van der Waals surface area contributed by atoms with Gasteiger partial charge in [0.25, 0.3) is 0 Å². The first kappa shape index (κ1) is 15.6. The average molecular weight is 297 g/mol. The summed E-state index contributed by atoms with van der Waals surface area (Å²) in [4.78, 5) is 11.3. The van der Waals surface area contributed by atoms with Crippen LogP contribution in [-0.2, 0) is 6.54 Å². The summed E-state index contributed by atoms with van der Waals surface area (Å²) in [6, 6.07) is 0. The van der Waals surface area contributed by atoms with Crippen LogP contribution < -0.4 is 11.4 Å². The maximum atomic E-state index is 12.6. The van der Waals surface area contributed by atoms with Crippen LogP contribution in [0.15, 0.2) is 9.95 Å². The van der Waals surface area contributed by atoms with E-state index in [0.717, 1.165) is 11.8 Å². The van der Waals surface area contributed by atoms with Crippen LogP contribution in [-0.4, -0.2) is 32.5 Å². The molecule has 4 N–H and O–H groups in total. The van der Waals surface area contributed by atoms with Crippen LogP contribution in [0.3, 0.4) is 0 Å². The molecule has 1 aromatic heterocycles. The maximum Gasteiger partial charge on any atom is 0.399 e. The van der Waals surface area contributed by atoms with Crippen molar-refractivity contribution in [3.05, 3.63) is 10.5 Å². The average Bonchev–Trinajstić information content (AvgIpc) is 2.60. The van der Waals surface area contributed by atoms with Crippen molar-refractivity contribution in [2.75, 3.05) is 5.75 Å². The number of amidine groups is 1. The van der Waals surface area contributed by atoms with Crippen LogP contribution in [0.25, 0.3) is 0 Å². The SMILES string of the molecule is CCCn1c(SCC(C(=N)N)C(F)(F)F)n[nH]c1=O. The molecule has 0 aromatic carbocycles. The molecule has 0 saturated carbocycles. The smallest absolute Gasteiger partial charge is 0.387 e. The van der Waals surface area contributed by atoms with Gasteiger partial charge in [0.1, 0.15) is 11.8 Å². The largest absolute Gasteiger partial charge is 0.399 e. The highest BCUT2D eigenvalue weighted by molar-refractivity contribution is 7.99. The molecule has 1 heterocycles. The molecule has 6 nitrogen and oxygen atoms in total. The second kappa shape index (κ2) is 6.13. The van der Waals surface area contributed by atoms with E-state index in [1.807, 2.05) is 6.92 Å². The number of aromatic amines is 1. The van der Waals surface area contributed by atoms with Crippen LogP contribution in [0, 0.1) is 11.3 Å². The molecular formula is C9H14F3N5OS. The third kappa shape index (κ3) is 4.01. The highest BCUT2D eigenvalue weighted by atomic mass is 32.2. The fourth-order valence-corrected chi connectivity index (χ4v) is 2.48. The zero-order chi connectivity index (χ0) is 14.6. The molecule has 1 rings (SSSR count). The van der Waals surface area contributed by atoms with Gasteiger partial charge < -0.3 is 5.73 Å². The summed E-state index contributed by atoms with van der Waals surface area (Å²) in [5.74, 6) is -3.47. The number of thioether (sulfide) groups is 1. The van der Waals surface area contributed by atoms with Gasteiger partial charge >= 0.3 is 11.9 Å². The number of hydrogen-bond donors (Lipinski definition) is 3. The Bertz CT molecular complexity index is 495. The molecule has 1 aromatic rings. The second-order valence-electron chi connectivity index (χ2n) is 3.82. The molecule has 108 valence electrons. The summed E-state index contributed by atoms with van der Waals surface area (Å²) in [5.41, 5.74) is 4.48. The summed E-state index contributed by atoms with van der Waals surface area (Å²) < 4.78 is 39.1. The van der Waals surface area contributed by atoms with Gasteiger partial charge in [-0.25, -0.2) is 9.89 Å². The highest BCUT2D eigenvalue weighted by Gasteiger charge is 2.42. The van der Waals surface area contributed by atoms with Crippen molar-refractivity contribution >= 4 is 17.6 Å². The zero-order valence-electron chi connectivity index (χ0n) is 10.1. The molecule has 0 saturated heterocycles. The molecule has 1 atom stereocenters. The molecule has 0 amide bonds. The molecular weight excluding hydrogens is 283 g/mol. The number of nitrogens with zero attached hydrogens (tertiary/aromatic N) is 2. The van der Waals surface area contributed by atoms with Crippen LogP contribution in [0.4, 0.5) is 13.2 Å². The molecule has 10 heteroatoms. The summed E-state index contributed by atoms with van der Waals surface area (Å²) in [5, 5.41) is 13.0. The number of rotatable bonds is 6. The monoisotopic (exact) mass is 297 g/mol. The van der Waals surface area contributed by atoms with E-state index in [1.165, 1.54) is 4.57 Å². The van der Waals surface area contributed by atoms with Gasteiger partial charge in [0.05, 0.1) is 0 Å². The fourth-order valence-electron chi connectivity index (χ4n) is 1.35. The second-order valence-corrected chi connectivity index (χ2v) is 4.81. The lowest BCUT2D eigenvalue weighted by molar-refractivity contribution is -0.150. The number of nitrogens with one attached hydrogen (secondary N) is 2. The van der Waals surface area contributed by atoms with Gasteiger partial charge in [-0.05, 0) is 6.42 Å². The Hall–Kier alpha value is -1.45. The fraction of sp³-hybridized carbons (Fsp3) is 0.667. The Labute approximate surface area is 111 Å². The van der Waals surface area contributed by atoms with Crippen LogP contribution in [0.5, 0.6) is 0 Å². The summed E-state index contributed by atoms with van der Waals surface area (Å²) in [6.07, 6.45) is -3.92. The lowest BCUT2D eigenvalue weighted by Gasteiger charge is -2.18. The van der Waals surface area contributed by atoms with E-state index in [-0.39, 0.29) is 5.16 Å². The summed E-state index contributed by atoms with van der Waals surface area (Å²) in [7, 11) is 0. The molecule has 0 fully saturated rings. The van der Waals surface area contributed by atoms with Crippen molar-refractivity contribution in [1.29, 1.82) is 5.41 Å². The van der Waals surface area contributed by atoms with Crippen molar-refractivity contribution in [3.8, 4) is 0 Å². The van der Waals surface area contributed by atoms with Gasteiger partial charge in [-0.1, -0.05) is 18.7 Å². The normalized spacial score (nSPS) is 13.5. The van der Waals surface area contributed by atoms with E-state index in [9.17, 15) is 18.0 Å². The van der Waals surface area contributed by atoms with Gasteiger partial charge in [-0.15, -0.1) is 5.10 Å². The minimum atomic E-state index is -4.58. The van der Waals surface area contributed by atoms with E-state index in [1.54, 1.807) is 0 Å². The van der Waals surface area contributed by atoms with E-state index in [0.29, 0.717) is 13.0 Å². The standard InChI is InChI=1S/C9H14F3N5OS/c1-2-3-17-7(18)15-16-8(17)19-4-5(6(13)14)9(10,11)12/h5H,2-4H2,1H3,(H3,13,14)(H,15,18). The van der Waals surface area contributed by atoms with Gasteiger partial charge in [0.15, 0.2) is 5.16 Å². The van der Waals surface area contributed by atoms with E-state index < -0.39 is 29.4 Å². The number of hydrogen-bond acceptors (Lipinski definition) is 4. The van der Waals surface area contributed by atoms with E-state index >= 15 is 0 Å². The van der Waals surface area contributed by atoms with Crippen molar-refractivity contribution in [2.45, 2.75) is 31.2 Å². The van der Waals surface area contributed by atoms with Crippen molar-refractivity contribution < 1.29 is 13.2 Å². The molecule has 0 bridgehead atoms. The number of nitrogens with two attached hydrogens (primary N) is 1. The Morgan fingerprint density at radius 3 is 2.74 bits per heavy atom. The predicted molar refractivity (Wildman–Crippen MR) is 65.3 cm³/mol. The van der Waals surface area contributed by atoms with Gasteiger partial charge in [-0.2, -0.15) is 13.2 Å². The number of H-pyrrole nitrogens is 1. The minimum absolute atomic E-state index is 0.169. The van der Waals surface area contributed by atoms with Gasteiger partial charge in [0, 0.05) is 12.3 Å². The first-order valence-corrected chi connectivity index (χ1v) is 6.44. The zero-order valence-corrected chi connectivity index (χ0v) is 10.9. The first-order chi connectivity index (χ1) is 8.77. The maximum absolute atomic E-state index is 12.6. The van der Waals surface area contributed by atoms with Gasteiger partial charge in [0.2, 0.25) is 0 Å². The molecule has 19 heavy (non-hydrogen) atoms. The van der Waals surface area contributed by atoms with Crippen molar-refractivity contribution in [3.63, 3.8) is 0 Å². The van der Waals surface area contributed by atoms with Gasteiger partial charge in [-0.3, -0.25) is 9.98 Å². The predicted octanol–water partition coefficient (Wildman–Crippen LogP) is 1.19. The Balaban J connectivity index is 2.81. The van der Waals surface area contributed by atoms with E-state index in [2.05, 4.69) is 10.2 Å². The molecule has 0 aliphatic carbocycles. The third-order valence-electron chi connectivity index (χ3n) is 2.32.